The number of imidazole rings is 1. The van der Waals surface area contributed by atoms with E-state index < -0.39 is 0 Å². The Kier molecular flexibility index (Phi) is 2.69. The number of hydrogen-bond acceptors (Lipinski definition) is 3. The monoisotopic (exact) mass is 234 g/mol. The van der Waals surface area contributed by atoms with Gasteiger partial charge in [-0.15, -0.1) is 0 Å². The van der Waals surface area contributed by atoms with Crippen LogP contribution in [0.15, 0.2) is 17.1 Å². The van der Waals surface area contributed by atoms with Gasteiger partial charge in [-0.1, -0.05) is 0 Å². The van der Waals surface area contributed by atoms with E-state index in [1.807, 2.05) is 33.8 Å². The van der Waals surface area contributed by atoms with E-state index in [0.717, 1.165) is 5.52 Å². The summed E-state index contributed by atoms with van der Waals surface area (Å²) in [5.41, 5.74) is 7.80. The highest BCUT2D eigenvalue weighted by molar-refractivity contribution is 5.75. The number of nitrogens with zero attached hydrogens (tertiary/aromatic N) is 3. The molecule has 0 aliphatic rings. The third kappa shape index (κ3) is 1.71. The molecule has 17 heavy (non-hydrogen) atoms. The van der Waals surface area contributed by atoms with Gasteiger partial charge >= 0.3 is 5.69 Å². The summed E-state index contributed by atoms with van der Waals surface area (Å²) in [7, 11) is 0. The van der Waals surface area contributed by atoms with Crippen LogP contribution in [0.2, 0.25) is 0 Å². The molecule has 2 rings (SSSR count). The summed E-state index contributed by atoms with van der Waals surface area (Å²) in [5.74, 6) is 0. The van der Waals surface area contributed by atoms with Crippen molar-refractivity contribution in [1.82, 2.24) is 14.1 Å². The Balaban J connectivity index is 2.93. The summed E-state index contributed by atoms with van der Waals surface area (Å²) in [6.07, 6.45) is 1.59. The van der Waals surface area contributed by atoms with Gasteiger partial charge in [-0.05, 0) is 33.8 Å². The standard InChI is InChI=1S/C12H18N4O/c1-7(2)15-10-5-9(13)6-14-11(10)16(8(3)4)12(15)17/h5-8H,13H2,1-4H3. The lowest BCUT2D eigenvalue weighted by Crippen LogP contribution is -2.26. The first kappa shape index (κ1) is 11.7. The zero-order chi connectivity index (χ0) is 12.7. The molecule has 0 bridgehead atoms. The van der Waals surface area contributed by atoms with Crippen molar-refractivity contribution < 1.29 is 0 Å². The fourth-order valence-electron chi connectivity index (χ4n) is 2.10. The van der Waals surface area contributed by atoms with Crippen molar-refractivity contribution in [3.63, 3.8) is 0 Å². The second-order valence-electron chi connectivity index (χ2n) is 4.82. The van der Waals surface area contributed by atoms with E-state index in [-0.39, 0.29) is 17.8 Å². The van der Waals surface area contributed by atoms with Crippen LogP contribution in [0, 0.1) is 0 Å². The first-order valence-electron chi connectivity index (χ1n) is 5.81. The third-order valence-corrected chi connectivity index (χ3v) is 2.80. The molecule has 2 heterocycles. The van der Waals surface area contributed by atoms with Crippen molar-refractivity contribution in [2.24, 2.45) is 0 Å². The first-order valence-corrected chi connectivity index (χ1v) is 5.81. The van der Waals surface area contributed by atoms with Gasteiger partial charge in [0.25, 0.3) is 0 Å². The molecule has 5 heteroatoms. The van der Waals surface area contributed by atoms with E-state index in [4.69, 9.17) is 5.73 Å². The molecule has 0 saturated carbocycles. The van der Waals surface area contributed by atoms with Crippen LogP contribution in [-0.4, -0.2) is 14.1 Å². The van der Waals surface area contributed by atoms with Crippen molar-refractivity contribution in [3.8, 4) is 0 Å². The largest absolute Gasteiger partial charge is 0.397 e. The summed E-state index contributed by atoms with van der Waals surface area (Å²) in [6, 6.07) is 1.98. The number of hydrogen-bond donors (Lipinski definition) is 1. The van der Waals surface area contributed by atoms with Gasteiger partial charge in [0.15, 0.2) is 5.65 Å². The minimum atomic E-state index is -0.0249. The highest BCUT2D eigenvalue weighted by Gasteiger charge is 2.18. The van der Waals surface area contributed by atoms with Crippen molar-refractivity contribution in [1.29, 1.82) is 0 Å². The molecule has 0 radical (unpaired) electrons. The van der Waals surface area contributed by atoms with E-state index in [1.165, 1.54) is 0 Å². The van der Waals surface area contributed by atoms with Crippen LogP contribution in [0.1, 0.15) is 39.8 Å². The number of anilines is 1. The maximum Gasteiger partial charge on any atom is 0.330 e. The van der Waals surface area contributed by atoms with Gasteiger partial charge in [-0.3, -0.25) is 9.13 Å². The van der Waals surface area contributed by atoms with Gasteiger partial charge in [-0.2, -0.15) is 0 Å². The van der Waals surface area contributed by atoms with Gasteiger partial charge in [0.1, 0.15) is 0 Å². The smallest absolute Gasteiger partial charge is 0.330 e. The Hall–Kier alpha value is -1.78. The van der Waals surface area contributed by atoms with Crippen LogP contribution < -0.4 is 11.4 Å². The van der Waals surface area contributed by atoms with Crippen LogP contribution in [0.3, 0.4) is 0 Å². The minimum absolute atomic E-state index is 0.0249. The van der Waals surface area contributed by atoms with Crippen LogP contribution in [-0.2, 0) is 0 Å². The zero-order valence-corrected chi connectivity index (χ0v) is 10.6. The van der Waals surface area contributed by atoms with E-state index in [1.54, 1.807) is 15.3 Å². The predicted octanol–water partition coefficient (Wildman–Crippen LogP) is 1.94. The Bertz CT molecular complexity index is 607. The molecule has 5 nitrogen and oxygen atoms in total. The van der Waals surface area contributed by atoms with Gasteiger partial charge in [0.2, 0.25) is 0 Å². The Morgan fingerprint density at radius 2 is 1.76 bits per heavy atom. The molecule has 0 spiro atoms. The first-order chi connectivity index (χ1) is 7.93. The number of fused-ring (bicyclic) bond motifs is 1. The van der Waals surface area contributed by atoms with Crippen molar-refractivity contribution >= 4 is 16.9 Å². The SMILES string of the molecule is CC(C)n1c(=O)n(C(C)C)c2ncc(N)cc21. The lowest BCUT2D eigenvalue weighted by molar-refractivity contribution is 0.532. The van der Waals surface area contributed by atoms with Crippen LogP contribution in [0.5, 0.6) is 0 Å². The summed E-state index contributed by atoms with van der Waals surface area (Å²) in [4.78, 5) is 16.6. The summed E-state index contributed by atoms with van der Waals surface area (Å²) in [5, 5.41) is 0. The highest BCUT2D eigenvalue weighted by atomic mass is 16.1. The van der Waals surface area contributed by atoms with Crippen molar-refractivity contribution in [2.45, 2.75) is 39.8 Å². The van der Waals surface area contributed by atoms with Gasteiger partial charge in [0.05, 0.1) is 17.4 Å². The molecule has 0 fully saturated rings. The summed E-state index contributed by atoms with van der Waals surface area (Å²) in [6.45, 7) is 7.91. The second kappa shape index (κ2) is 3.91. The van der Waals surface area contributed by atoms with E-state index in [2.05, 4.69) is 4.98 Å². The zero-order valence-electron chi connectivity index (χ0n) is 10.6. The molecule has 0 aliphatic carbocycles. The molecule has 2 aromatic rings. The maximum absolute atomic E-state index is 12.3. The van der Waals surface area contributed by atoms with Crippen molar-refractivity contribution in [2.75, 3.05) is 5.73 Å². The average Bonchev–Trinajstić information content (AvgIpc) is 2.48. The lowest BCUT2D eigenvalue weighted by atomic mass is 10.3. The van der Waals surface area contributed by atoms with Crippen LogP contribution >= 0.6 is 0 Å². The fraction of sp³-hybridized carbons (Fsp3) is 0.500. The molecule has 0 atom stereocenters. The second-order valence-corrected chi connectivity index (χ2v) is 4.82. The van der Waals surface area contributed by atoms with Gasteiger partial charge in [-0.25, -0.2) is 9.78 Å². The molecule has 2 N–H and O–H groups in total. The quantitative estimate of drug-likeness (QED) is 0.863. The number of rotatable bonds is 2. The van der Waals surface area contributed by atoms with Crippen LogP contribution in [0.4, 0.5) is 5.69 Å². The van der Waals surface area contributed by atoms with Crippen LogP contribution in [0.25, 0.3) is 11.2 Å². The third-order valence-electron chi connectivity index (χ3n) is 2.80. The summed E-state index contributed by atoms with van der Waals surface area (Å²) >= 11 is 0. The molecular weight excluding hydrogens is 216 g/mol. The number of nitrogens with two attached hydrogens (primary N) is 1. The van der Waals surface area contributed by atoms with E-state index in [9.17, 15) is 4.79 Å². The molecule has 0 unspecified atom stereocenters. The van der Waals surface area contributed by atoms with Crippen molar-refractivity contribution in [3.05, 3.63) is 22.7 Å². The Morgan fingerprint density at radius 3 is 2.29 bits per heavy atom. The number of nitrogen functional groups attached to an aromatic ring is 1. The molecule has 0 aliphatic heterocycles. The minimum Gasteiger partial charge on any atom is -0.397 e. The molecule has 0 amide bonds. The van der Waals surface area contributed by atoms with E-state index in [0.29, 0.717) is 11.3 Å². The molecule has 2 aromatic heterocycles. The molecule has 0 aromatic carbocycles. The fourth-order valence-corrected chi connectivity index (χ4v) is 2.10. The normalized spacial score (nSPS) is 11.9. The Labute approximate surface area is 99.9 Å². The molecule has 0 saturated heterocycles. The Morgan fingerprint density at radius 1 is 1.18 bits per heavy atom. The number of pyridine rings is 1. The van der Waals surface area contributed by atoms with Gasteiger partial charge in [0, 0.05) is 12.1 Å². The topological polar surface area (TPSA) is 65.8 Å². The number of aromatic nitrogens is 3. The van der Waals surface area contributed by atoms with Gasteiger partial charge < -0.3 is 5.73 Å². The lowest BCUT2D eigenvalue weighted by Gasteiger charge is -2.07. The molecule has 92 valence electrons. The maximum atomic E-state index is 12.3. The highest BCUT2D eigenvalue weighted by Crippen LogP contribution is 2.19. The predicted molar refractivity (Wildman–Crippen MR) is 69.2 cm³/mol. The average molecular weight is 234 g/mol. The summed E-state index contributed by atoms with van der Waals surface area (Å²) < 4.78 is 3.44. The molecular formula is C12H18N4O. The van der Waals surface area contributed by atoms with E-state index >= 15 is 0 Å².